The van der Waals surface area contributed by atoms with Crippen LogP contribution >= 0.6 is 15.9 Å². The molecule has 3 aromatic rings. The maximum Gasteiger partial charge on any atom is 0.262 e. The number of nitrogens with zero attached hydrogens (tertiary/aromatic N) is 1. The summed E-state index contributed by atoms with van der Waals surface area (Å²) in [4.78, 5) is 29.2. The number of amides is 2. The molecule has 0 saturated carbocycles. The lowest BCUT2D eigenvalue weighted by Gasteiger charge is -2.20. The first kappa shape index (κ1) is 23.5. The molecule has 0 aliphatic heterocycles. The third kappa shape index (κ3) is 6.40. The molecule has 0 radical (unpaired) electrons. The number of hydrogen-bond acceptors (Lipinski definition) is 4. The Morgan fingerprint density at radius 1 is 1.06 bits per heavy atom. The normalized spacial score (nSPS) is 11.0. The summed E-state index contributed by atoms with van der Waals surface area (Å²) in [5.74, 6) is -0.0638. The molecule has 2 N–H and O–H groups in total. The van der Waals surface area contributed by atoms with Crippen molar-refractivity contribution in [1.29, 1.82) is 0 Å². The summed E-state index contributed by atoms with van der Waals surface area (Å²) in [5.41, 5.74) is 2.86. The van der Waals surface area contributed by atoms with Gasteiger partial charge in [-0.25, -0.2) is 0 Å². The molecular weight excluding hydrogens is 470 g/mol. The number of hydrogen-bond donors (Lipinski definition) is 2. The molecule has 6 nitrogen and oxygen atoms in total. The minimum Gasteiger partial charge on any atom is -0.483 e. The molecule has 0 aliphatic rings. The highest BCUT2D eigenvalue weighted by Crippen LogP contribution is 2.31. The Labute approximate surface area is 196 Å². The number of carbonyl (C=O) groups excluding carboxylic acids is 2. The van der Waals surface area contributed by atoms with Gasteiger partial charge in [0.15, 0.2) is 6.61 Å². The van der Waals surface area contributed by atoms with E-state index in [2.05, 4.69) is 52.3 Å². The fraction of sp³-hybridized carbons (Fsp3) is 0.240. The van der Waals surface area contributed by atoms with E-state index in [-0.39, 0.29) is 23.8 Å². The molecule has 3 rings (SSSR count). The van der Waals surface area contributed by atoms with Crippen LogP contribution in [0.3, 0.4) is 0 Å². The second kappa shape index (κ2) is 10.4. The Morgan fingerprint density at radius 3 is 2.53 bits per heavy atom. The molecular formula is C25H26BrN3O3. The Balaban J connectivity index is 1.60. The first-order valence-electron chi connectivity index (χ1n) is 10.2. The van der Waals surface area contributed by atoms with Gasteiger partial charge in [0.25, 0.3) is 11.8 Å². The number of nitrogens with one attached hydrogen (secondary N) is 2. The molecule has 0 atom stereocenters. The molecule has 1 heterocycles. The minimum absolute atomic E-state index is 0.0136. The molecule has 1 aromatic heterocycles. The van der Waals surface area contributed by atoms with Crippen LogP contribution in [0.4, 0.5) is 5.69 Å². The van der Waals surface area contributed by atoms with Crippen LogP contribution in [-0.4, -0.2) is 23.4 Å². The fourth-order valence-corrected chi connectivity index (χ4v) is 3.48. The molecule has 0 saturated heterocycles. The summed E-state index contributed by atoms with van der Waals surface area (Å²) < 4.78 is 6.46. The fourth-order valence-electron chi connectivity index (χ4n) is 2.98. The van der Waals surface area contributed by atoms with Crippen molar-refractivity contribution in [2.24, 2.45) is 0 Å². The van der Waals surface area contributed by atoms with Crippen LogP contribution in [0.15, 0.2) is 71.5 Å². The quantitative estimate of drug-likeness (QED) is 0.478. The molecule has 2 amide bonds. The monoisotopic (exact) mass is 495 g/mol. The lowest BCUT2D eigenvalue weighted by molar-refractivity contribution is -0.118. The average Bonchev–Trinajstić information content (AvgIpc) is 2.77. The van der Waals surface area contributed by atoms with Gasteiger partial charge in [0.05, 0.1) is 15.7 Å². The zero-order valence-electron chi connectivity index (χ0n) is 18.3. The highest BCUT2D eigenvalue weighted by atomic mass is 79.9. The van der Waals surface area contributed by atoms with Gasteiger partial charge < -0.3 is 15.4 Å². The number of aromatic nitrogens is 1. The van der Waals surface area contributed by atoms with E-state index < -0.39 is 0 Å². The number of anilines is 1. The van der Waals surface area contributed by atoms with E-state index in [0.717, 1.165) is 15.6 Å². The Kier molecular flexibility index (Phi) is 7.64. The van der Waals surface area contributed by atoms with Gasteiger partial charge in [-0.1, -0.05) is 45.0 Å². The minimum atomic E-state index is -0.357. The predicted molar refractivity (Wildman–Crippen MR) is 129 cm³/mol. The van der Waals surface area contributed by atoms with Crippen LogP contribution in [0.2, 0.25) is 0 Å². The largest absolute Gasteiger partial charge is 0.483 e. The molecule has 32 heavy (non-hydrogen) atoms. The van der Waals surface area contributed by atoms with Crippen LogP contribution in [0.25, 0.3) is 0 Å². The Morgan fingerprint density at radius 2 is 1.84 bits per heavy atom. The van der Waals surface area contributed by atoms with E-state index in [1.807, 2.05) is 30.3 Å². The van der Waals surface area contributed by atoms with Crippen molar-refractivity contribution in [1.82, 2.24) is 10.3 Å². The Bertz CT molecular complexity index is 1100. The number of halogens is 1. The highest BCUT2D eigenvalue weighted by molar-refractivity contribution is 9.10. The van der Waals surface area contributed by atoms with Gasteiger partial charge >= 0.3 is 0 Å². The SMILES string of the molecule is CC(C)(C)c1ccc(OCC(=O)Nc2ccccc2C(=O)NCc2cccnc2)c(Br)c1. The molecule has 0 aliphatic carbocycles. The van der Waals surface area contributed by atoms with Crippen LogP contribution in [0.1, 0.15) is 42.3 Å². The molecule has 0 fully saturated rings. The molecule has 0 bridgehead atoms. The van der Waals surface area contributed by atoms with E-state index >= 15 is 0 Å². The first-order chi connectivity index (χ1) is 15.2. The van der Waals surface area contributed by atoms with Crippen LogP contribution in [0, 0.1) is 0 Å². The van der Waals surface area contributed by atoms with Crippen molar-refractivity contribution in [3.05, 3.63) is 88.2 Å². The maximum absolute atomic E-state index is 12.6. The number of benzene rings is 2. The zero-order valence-corrected chi connectivity index (χ0v) is 19.9. The summed E-state index contributed by atoms with van der Waals surface area (Å²) in [5, 5.41) is 5.61. The third-order valence-corrected chi connectivity index (χ3v) is 5.40. The van der Waals surface area contributed by atoms with Crippen LogP contribution < -0.4 is 15.4 Å². The lowest BCUT2D eigenvalue weighted by Crippen LogP contribution is -2.26. The van der Waals surface area contributed by atoms with Crippen molar-refractivity contribution in [2.75, 3.05) is 11.9 Å². The van der Waals surface area contributed by atoms with Gasteiger partial charge in [0.1, 0.15) is 5.75 Å². The van der Waals surface area contributed by atoms with Crippen molar-refractivity contribution in [3.8, 4) is 5.75 Å². The third-order valence-electron chi connectivity index (χ3n) is 4.78. The standard InChI is InChI=1S/C25H26BrN3O3/c1-25(2,3)18-10-11-22(20(26)13-18)32-16-23(30)29-21-9-5-4-8-19(21)24(31)28-15-17-7-6-12-27-14-17/h4-14H,15-16H2,1-3H3,(H,28,31)(H,29,30). The van der Waals surface area contributed by atoms with E-state index in [1.165, 1.54) is 0 Å². The molecule has 7 heteroatoms. The van der Waals surface area contributed by atoms with Crippen LogP contribution in [0.5, 0.6) is 5.75 Å². The lowest BCUT2D eigenvalue weighted by atomic mass is 9.87. The Hall–Kier alpha value is -3.19. The number of rotatable bonds is 7. The smallest absolute Gasteiger partial charge is 0.262 e. The number of pyridine rings is 1. The van der Waals surface area contributed by atoms with Crippen LogP contribution in [-0.2, 0) is 16.8 Å². The van der Waals surface area contributed by atoms with Crippen molar-refractivity contribution >= 4 is 33.4 Å². The molecule has 2 aromatic carbocycles. The first-order valence-corrected chi connectivity index (χ1v) is 11.0. The van der Waals surface area contributed by atoms with Crippen molar-refractivity contribution in [3.63, 3.8) is 0 Å². The second-order valence-electron chi connectivity index (χ2n) is 8.32. The highest BCUT2D eigenvalue weighted by Gasteiger charge is 2.17. The zero-order chi connectivity index (χ0) is 23.1. The summed E-state index contributed by atoms with van der Waals surface area (Å²) in [6, 6.07) is 16.4. The van der Waals surface area contributed by atoms with Gasteiger partial charge in [0, 0.05) is 18.9 Å². The summed E-state index contributed by atoms with van der Waals surface area (Å²) in [6.07, 6.45) is 3.37. The van der Waals surface area contributed by atoms with E-state index in [0.29, 0.717) is 23.5 Å². The van der Waals surface area contributed by atoms with Crippen molar-refractivity contribution in [2.45, 2.75) is 32.7 Å². The average molecular weight is 496 g/mol. The number of carbonyl (C=O) groups is 2. The van der Waals surface area contributed by atoms with Crippen molar-refractivity contribution < 1.29 is 14.3 Å². The summed E-state index contributed by atoms with van der Waals surface area (Å²) >= 11 is 3.51. The van der Waals surface area contributed by atoms with Gasteiger partial charge in [-0.2, -0.15) is 0 Å². The maximum atomic E-state index is 12.6. The molecule has 166 valence electrons. The van der Waals surface area contributed by atoms with E-state index in [4.69, 9.17) is 4.74 Å². The summed E-state index contributed by atoms with van der Waals surface area (Å²) in [7, 11) is 0. The predicted octanol–water partition coefficient (Wildman–Crippen LogP) is 5.09. The summed E-state index contributed by atoms with van der Waals surface area (Å²) in [6.45, 7) is 6.56. The van der Waals surface area contributed by atoms with E-state index in [1.54, 1.807) is 36.7 Å². The number of ether oxygens (including phenoxy) is 1. The van der Waals surface area contributed by atoms with Gasteiger partial charge in [-0.15, -0.1) is 0 Å². The van der Waals surface area contributed by atoms with Gasteiger partial charge in [-0.3, -0.25) is 14.6 Å². The van der Waals surface area contributed by atoms with Gasteiger partial charge in [0.2, 0.25) is 0 Å². The van der Waals surface area contributed by atoms with E-state index in [9.17, 15) is 9.59 Å². The topological polar surface area (TPSA) is 80.3 Å². The number of para-hydroxylation sites is 1. The van der Waals surface area contributed by atoms with Gasteiger partial charge in [-0.05, 0) is 62.8 Å². The molecule has 0 spiro atoms. The second-order valence-corrected chi connectivity index (χ2v) is 9.18. The molecule has 0 unspecified atom stereocenters.